The van der Waals surface area contributed by atoms with E-state index in [-0.39, 0.29) is 34.8 Å². The monoisotopic (exact) mass is 405 g/mol. The van der Waals surface area contributed by atoms with E-state index in [9.17, 15) is 14.4 Å². The molecule has 0 saturated heterocycles. The fraction of sp³-hybridized carbons (Fsp3) is 0.577. The molecule has 30 heavy (non-hydrogen) atoms. The molecule has 0 atom stereocenters. The van der Waals surface area contributed by atoms with Crippen molar-refractivity contribution in [3.05, 3.63) is 34.4 Å². The highest BCUT2D eigenvalue weighted by Gasteiger charge is 2.47. The Morgan fingerprint density at radius 3 is 2.07 bits per heavy atom. The van der Waals surface area contributed by atoms with E-state index in [0.717, 1.165) is 60.8 Å². The Morgan fingerprint density at radius 1 is 1.00 bits per heavy atom. The van der Waals surface area contributed by atoms with Crippen LogP contribution >= 0.6 is 0 Å². The zero-order valence-corrected chi connectivity index (χ0v) is 18.3. The van der Waals surface area contributed by atoms with E-state index in [0.29, 0.717) is 12.8 Å². The molecule has 1 amide bonds. The normalized spacial score (nSPS) is 28.8. The first-order valence-electron chi connectivity index (χ1n) is 11.2. The van der Waals surface area contributed by atoms with Crippen molar-refractivity contribution in [1.82, 2.24) is 5.32 Å². The summed E-state index contributed by atoms with van der Waals surface area (Å²) in [5, 5.41) is 3.17. The SMILES string of the molecule is CC#Cc1cc(C)c(C2C(=O)CC3(CCC(NC(=O)C4CC4)CC3)CC2=O)c(C)c1. The Bertz CT molecular complexity index is 909. The van der Waals surface area contributed by atoms with Crippen molar-refractivity contribution in [1.29, 1.82) is 0 Å². The van der Waals surface area contributed by atoms with Gasteiger partial charge >= 0.3 is 0 Å². The first-order valence-corrected chi connectivity index (χ1v) is 11.2. The first kappa shape index (κ1) is 20.8. The maximum absolute atomic E-state index is 13.2. The highest BCUT2D eigenvalue weighted by Crippen LogP contribution is 2.49. The fourth-order valence-corrected chi connectivity index (χ4v) is 5.55. The summed E-state index contributed by atoms with van der Waals surface area (Å²) in [6, 6.07) is 4.16. The Hall–Kier alpha value is -2.41. The van der Waals surface area contributed by atoms with Crippen LogP contribution in [-0.2, 0) is 14.4 Å². The highest BCUT2D eigenvalue weighted by molar-refractivity contribution is 6.10. The fourth-order valence-electron chi connectivity index (χ4n) is 5.55. The zero-order chi connectivity index (χ0) is 21.5. The van der Waals surface area contributed by atoms with Crippen molar-refractivity contribution in [2.45, 2.75) is 84.1 Å². The van der Waals surface area contributed by atoms with Gasteiger partial charge in [-0.25, -0.2) is 0 Å². The third kappa shape index (κ3) is 4.08. The number of ketones is 2. The summed E-state index contributed by atoms with van der Waals surface area (Å²) in [6.07, 6.45) is 6.39. The van der Waals surface area contributed by atoms with Crippen LogP contribution in [0.5, 0.6) is 0 Å². The minimum atomic E-state index is -0.633. The predicted octanol–water partition coefficient (Wildman–Crippen LogP) is 4.15. The Labute approximate surface area is 179 Å². The summed E-state index contributed by atoms with van der Waals surface area (Å²) in [4.78, 5) is 38.5. The van der Waals surface area contributed by atoms with Gasteiger partial charge in [0.05, 0.1) is 0 Å². The maximum Gasteiger partial charge on any atom is 0.223 e. The second-order valence-corrected chi connectivity index (χ2v) is 9.68. The van der Waals surface area contributed by atoms with Crippen LogP contribution in [0.1, 0.15) is 86.5 Å². The van der Waals surface area contributed by atoms with Gasteiger partial charge in [-0.2, -0.15) is 0 Å². The molecule has 158 valence electrons. The van der Waals surface area contributed by atoms with Gasteiger partial charge in [0.2, 0.25) is 5.91 Å². The van der Waals surface area contributed by atoms with E-state index in [4.69, 9.17) is 0 Å². The van der Waals surface area contributed by atoms with Crippen LogP contribution < -0.4 is 5.32 Å². The topological polar surface area (TPSA) is 63.2 Å². The molecule has 0 heterocycles. The first-order chi connectivity index (χ1) is 14.3. The molecule has 0 aromatic heterocycles. The summed E-state index contributed by atoms with van der Waals surface area (Å²) < 4.78 is 0. The molecule has 4 nitrogen and oxygen atoms in total. The van der Waals surface area contributed by atoms with Crippen molar-refractivity contribution < 1.29 is 14.4 Å². The van der Waals surface area contributed by atoms with Crippen LogP contribution in [0.2, 0.25) is 0 Å². The number of carbonyl (C=O) groups is 3. The number of hydrogen-bond acceptors (Lipinski definition) is 3. The molecule has 3 aliphatic carbocycles. The van der Waals surface area contributed by atoms with Crippen molar-refractivity contribution in [3.8, 4) is 11.8 Å². The van der Waals surface area contributed by atoms with Crippen molar-refractivity contribution in [2.75, 3.05) is 0 Å². The van der Waals surface area contributed by atoms with Crippen LogP contribution in [0.25, 0.3) is 0 Å². The minimum absolute atomic E-state index is 0.0623. The molecule has 0 bridgehead atoms. The van der Waals surface area contributed by atoms with Gasteiger partial charge in [0.15, 0.2) is 0 Å². The number of Topliss-reactive ketones (excluding diaryl/α,β-unsaturated/α-hetero) is 2. The van der Waals surface area contributed by atoms with Crippen LogP contribution in [0.15, 0.2) is 12.1 Å². The average Bonchev–Trinajstić information content (AvgIpc) is 3.51. The second-order valence-electron chi connectivity index (χ2n) is 9.68. The lowest BCUT2D eigenvalue weighted by molar-refractivity contribution is -0.138. The van der Waals surface area contributed by atoms with Crippen molar-refractivity contribution >= 4 is 17.5 Å². The quantitative estimate of drug-likeness (QED) is 0.607. The summed E-state index contributed by atoms with van der Waals surface area (Å²) in [5.41, 5.74) is 3.55. The molecule has 0 radical (unpaired) electrons. The molecule has 3 aliphatic rings. The van der Waals surface area contributed by atoms with Crippen LogP contribution in [0.4, 0.5) is 0 Å². The number of aryl methyl sites for hydroxylation is 2. The standard InChI is InChI=1S/C26H31NO3/c1-4-5-18-12-16(2)23(17(3)13-18)24-21(28)14-26(15-22(24)29)10-8-20(9-11-26)27-25(30)19-6-7-19/h12-13,19-20,24H,6-11,14-15H2,1-3H3,(H,27,30). The number of nitrogens with one attached hydrogen (secondary N) is 1. The van der Waals surface area contributed by atoms with Crippen LogP contribution in [0, 0.1) is 37.0 Å². The summed E-state index contributed by atoms with van der Waals surface area (Å²) in [6.45, 7) is 5.75. The number of carbonyl (C=O) groups excluding carboxylic acids is 3. The molecule has 1 aromatic carbocycles. The second kappa shape index (κ2) is 8.02. The number of hydrogen-bond donors (Lipinski definition) is 1. The molecular formula is C26H31NO3. The van der Waals surface area contributed by atoms with Gasteiger partial charge in [0.25, 0.3) is 0 Å². The molecule has 3 fully saturated rings. The smallest absolute Gasteiger partial charge is 0.223 e. The molecular weight excluding hydrogens is 374 g/mol. The van der Waals surface area contributed by atoms with Crippen molar-refractivity contribution in [2.24, 2.45) is 11.3 Å². The number of rotatable bonds is 3. The Balaban J connectivity index is 1.46. The molecule has 3 saturated carbocycles. The highest BCUT2D eigenvalue weighted by atomic mass is 16.2. The summed E-state index contributed by atoms with van der Waals surface area (Å²) >= 11 is 0. The van der Waals surface area contributed by atoms with Crippen LogP contribution in [0.3, 0.4) is 0 Å². The Kier molecular flexibility index (Phi) is 5.57. The zero-order valence-electron chi connectivity index (χ0n) is 18.3. The van der Waals surface area contributed by atoms with E-state index < -0.39 is 5.92 Å². The van der Waals surface area contributed by atoms with Gasteiger partial charge in [-0.05, 0) is 93.5 Å². The van der Waals surface area contributed by atoms with E-state index in [1.54, 1.807) is 6.92 Å². The van der Waals surface area contributed by atoms with Gasteiger partial charge in [0, 0.05) is 30.4 Å². The predicted molar refractivity (Wildman–Crippen MR) is 116 cm³/mol. The lowest BCUT2D eigenvalue weighted by Crippen LogP contribution is -2.46. The molecule has 0 unspecified atom stereocenters. The number of benzene rings is 1. The van der Waals surface area contributed by atoms with E-state index in [1.165, 1.54) is 0 Å². The molecule has 1 spiro atoms. The maximum atomic E-state index is 13.2. The largest absolute Gasteiger partial charge is 0.353 e. The molecule has 1 aromatic rings. The number of amides is 1. The lowest BCUT2D eigenvalue weighted by Gasteiger charge is -2.43. The van der Waals surface area contributed by atoms with Crippen molar-refractivity contribution in [3.63, 3.8) is 0 Å². The lowest BCUT2D eigenvalue weighted by atomic mass is 9.60. The minimum Gasteiger partial charge on any atom is -0.353 e. The third-order valence-corrected chi connectivity index (χ3v) is 7.23. The molecule has 4 rings (SSSR count). The molecule has 4 heteroatoms. The summed E-state index contributed by atoms with van der Waals surface area (Å²) in [7, 11) is 0. The summed E-state index contributed by atoms with van der Waals surface area (Å²) in [5.74, 6) is 5.88. The average molecular weight is 406 g/mol. The van der Waals surface area contributed by atoms with E-state index in [2.05, 4.69) is 17.2 Å². The third-order valence-electron chi connectivity index (χ3n) is 7.23. The Morgan fingerprint density at radius 2 is 1.57 bits per heavy atom. The van der Waals surface area contributed by atoms with Gasteiger partial charge in [-0.15, -0.1) is 5.92 Å². The van der Waals surface area contributed by atoms with E-state index >= 15 is 0 Å². The van der Waals surface area contributed by atoms with Gasteiger partial charge in [-0.1, -0.05) is 5.92 Å². The van der Waals surface area contributed by atoms with Gasteiger partial charge in [0.1, 0.15) is 17.5 Å². The molecule has 1 N–H and O–H groups in total. The van der Waals surface area contributed by atoms with Gasteiger partial charge in [-0.3, -0.25) is 14.4 Å². The van der Waals surface area contributed by atoms with Gasteiger partial charge < -0.3 is 5.32 Å². The molecule has 0 aliphatic heterocycles. The van der Waals surface area contributed by atoms with Crippen LogP contribution in [-0.4, -0.2) is 23.5 Å². The van der Waals surface area contributed by atoms with E-state index in [1.807, 2.05) is 26.0 Å².